The fourth-order valence-electron chi connectivity index (χ4n) is 4.15. The molecule has 0 bridgehead atoms. The summed E-state index contributed by atoms with van der Waals surface area (Å²) in [7, 11) is 0. The van der Waals surface area contributed by atoms with Crippen LogP contribution in [0.15, 0.2) is 77.1 Å². The van der Waals surface area contributed by atoms with E-state index in [1.165, 1.54) is 16.0 Å². The molecule has 0 saturated carbocycles. The standard InChI is InChI=1S/C27H22N4O2S3/c1-3-11-31-25(21-15-34-17(2)24(21)18-7-5-4-6-8-18)29-30-27(31)36-14-20-13-35-26(28-20)19-9-10-22-23(12-19)33-16-32-22/h3-10,12-13,15H,1,11,14,16H2,2H3. The molecule has 6 nitrogen and oxygen atoms in total. The minimum absolute atomic E-state index is 0.268. The maximum absolute atomic E-state index is 5.51. The number of thiazole rings is 1. The number of thioether (sulfide) groups is 1. The van der Waals surface area contributed by atoms with Crippen molar-refractivity contribution in [2.45, 2.75) is 24.4 Å². The quantitative estimate of drug-likeness (QED) is 0.155. The molecule has 0 N–H and O–H groups in total. The summed E-state index contributed by atoms with van der Waals surface area (Å²) in [5.41, 5.74) is 5.53. The van der Waals surface area contributed by atoms with Crippen LogP contribution in [0.3, 0.4) is 0 Å². The fraction of sp³-hybridized carbons (Fsp3) is 0.148. The first-order chi connectivity index (χ1) is 17.7. The minimum atomic E-state index is 0.268. The van der Waals surface area contributed by atoms with Crippen LogP contribution in [0.1, 0.15) is 10.6 Å². The van der Waals surface area contributed by atoms with Gasteiger partial charge in [0.05, 0.1) is 5.69 Å². The Morgan fingerprint density at radius 2 is 1.89 bits per heavy atom. The Balaban J connectivity index is 1.25. The van der Waals surface area contributed by atoms with E-state index in [1.807, 2.05) is 30.3 Å². The smallest absolute Gasteiger partial charge is 0.231 e. The SMILES string of the molecule is C=CCn1c(SCc2csc(-c3ccc4c(c3)OCO4)n2)nnc1-c1csc(C)c1-c1ccccc1. The van der Waals surface area contributed by atoms with Crippen LogP contribution in [0.4, 0.5) is 0 Å². The highest BCUT2D eigenvalue weighted by molar-refractivity contribution is 7.98. The van der Waals surface area contributed by atoms with Crippen molar-refractivity contribution in [1.82, 2.24) is 19.7 Å². The maximum Gasteiger partial charge on any atom is 0.231 e. The number of rotatable bonds is 8. The summed E-state index contributed by atoms with van der Waals surface area (Å²) in [6.07, 6.45) is 1.89. The second kappa shape index (κ2) is 9.93. The number of allylic oxidation sites excluding steroid dienone is 1. The van der Waals surface area contributed by atoms with Gasteiger partial charge >= 0.3 is 0 Å². The molecule has 5 aromatic rings. The van der Waals surface area contributed by atoms with Gasteiger partial charge in [-0.1, -0.05) is 48.2 Å². The molecule has 1 aliphatic heterocycles. The third kappa shape index (κ3) is 4.34. The molecule has 0 fully saturated rings. The van der Waals surface area contributed by atoms with E-state index < -0.39 is 0 Å². The molecule has 3 aromatic heterocycles. The van der Waals surface area contributed by atoms with Crippen molar-refractivity contribution in [2.24, 2.45) is 0 Å². The van der Waals surface area contributed by atoms with Crippen LogP contribution < -0.4 is 9.47 Å². The van der Waals surface area contributed by atoms with Gasteiger partial charge in [0, 0.05) is 44.6 Å². The number of fused-ring (bicyclic) bond motifs is 1. The van der Waals surface area contributed by atoms with Gasteiger partial charge in [-0.05, 0) is 30.7 Å². The average molecular weight is 531 g/mol. The highest BCUT2D eigenvalue weighted by Crippen LogP contribution is 2.40. The molecule has 1 aliphatic rings. The van der Waals surface area contributed by atoms with Crippen molar-refractivity contribution in [2.75, 3.05) is 6.79 Å². The molecule has 6 rings (SSSR count). The molecule has 2 aromatic carbocycles. The van der Waals surface area contributed by atoms with Crippen LogP contribution in [0.5, 0.6) is 11.5 Å². The Bertz CT molecular complexity index is 1540. The largest absolute Gasteiger partial charge is 0.454 e. The predicted molar refractivity (Wildman–Crippen MR) is 147 cm³/mol. The summed E-state index contributed by atoms with van der Waals surface area (Å²) in [6.45, 7) is 7.02. The molecule has 0 atom stereocenters. The predicted octanol–water partition coefficient (Wildman–Crippen LogP) is 7.31. The third-order valence-corrected chi connectivity index (χ3v) is 8.68. The van der Waals surface area contributed by atoms with Gasteiger partial charge in [-0.15, -0.1) is 39.4 Å². The van der Waals surface area contributed by atoms with E-state index in [1.54, 1.807) is 34.4 Å². The van der Waals surface area contributed by atoms with Crippen LogP contribution in [0, 0.1) is 6.92 Å². The second-order valence-corrected chi connectivity index (χ2v) is 11.0. The Morgan fingerprint density at radius 1 is 1.03 bits per heavy atom. The van der Waals surface area contributed by atoms with Gasteiger partial charge in [-0.25, -0.2) is 4.98 Å². The highest BCUT2D eigenvalue weighted by Gasteiger charge is 2.21. The maximum atomic E-state index is 5.51. The van der Waals surface area contributed by atoms with Crippen LogP contribution in [0.2, 0.25) is 0 Å². The number of hydrogen-bond acceptors (Lipinski definition) is 8. The summed E-state index contributed by atoms with van der Waals surface area (Å²) in [5, 5.41) is 15.2. The first-order valence-corrected chi connectivity index (χ1v) is 14.1. The topological polar surface area (TPSA) is 62.1 Å². The Morgan fingerprint density at radius 3 is 2.75 bits per heavy atom. The molecule has 0 spiro atoms. The molecule has 4 heterocycles. The Labute approximate surface area is 221 Å². The van der Waals surface area contributed by atoms with Gasteiger partial charge < -0.3 is 9.47 Å². The summed E-state index contributed by atoms with van der Waals surface area (Å²) in [6, 6.07) is 16.4. The monoisotopic (exact) mass is 530 g/mol. The molecule has 0 saturated heterocycles. The van der Waals surface area contributed by atoms with E-state index in [0.29, 0.717) is 12.3 Å². The van der Waals surface area contributed by atoms with Crippen molar-refractivity contribution < 1.29 is 9.47 Å². The van der Waals surface area contributed by atoms with Gasteiger partial charge in [-0.3, -0.25) is 4.57 Å². The summed E-state index contributed by atoms with van der Waals surface area (Å²) in [5.74, 6) is 3.10. The number of aromatic nitrogens is 4. The summed E-state index contributed by atoms with van der Waals surface area (Å²) >= 11 is 5.00. The summed E-state index contributed by atoms with van der Waals surface area (Å²) < 4.78 is 13.1. The molecule has 180 valence electrons. The van der Waals surface area contributed by atoms with Crippen LogP contribution in [0.25, 0.3) is 33.1 Å². The lowest BCUT2D eigenvalue weighted by atomic mass is 10.0. The van der Waals surface area contributed by atoms with E-state index in [9.17, 15) is 0 Å². The third-order valence-electron chi connectivity index (χ3n) is 5.83. The molecule has 36 heavy (non-hydrogen) atoms. The number of nitrogens with zero attached hydrogens (tertiary/aromatic N) is 4. The Kier molecular flexibility index (Phi) is 6.35. The van der Waals surface area contributed by atoms with Gasteiger partial charge in [-0.2, -0.15) is 0 Å². The zero-order valence-electron chi connectivity index (χ0n) is 19.5. The lowest BCUT2D eigenvalue weighted by Crippen LogP contribution is -2.01. The molecular formula is C27H22N4O2S3. The van der Waals surface area contributed by atoms with Crippen molar-refractivity contribution in [3.05, 3.63) is 82.5 Å². The van der Waals surface area contributed by atoms with Crippen molar-refractivity contribution in [1.29, 1.82) is 0 Å². The van der Waals surface area contributed by atoms with E-state index >= 15 is 0 Å². The number of ether oxygens (including phenoxy) is 2. The molecule has 0 amide bonds. The van der Waals surface area contributed by atoms with Crippen molar-refractivity contribution in [3.63, 3.8) is 0 Å². The first-order valence-electron chi connectivity index (χ1n) is 11.4. The van der Waals surface area contributed by atoms with Crippen molar-refractivity contribution in [3.8, 4) is 44.6 Å². The van der Waals surface area contributed by atoms with Gasteiger partial charge in [0.2, 0.25) is 6.79 Å². The van der Waals surface area contributed by atoms with Gasteiger partial charge in [0.1, 0.15) is 5.01 Å². The second-order valence-electron chi connectivity index (χ2n) is 8.15. The van der Waals surface area contributed by atoms with Crippen molar-refractivity contribution >= 4 is 34.4 Å². The van der Waals surface area contributed by atoms with E-state index in [0.717, 1.165) is 44.3 Å². The van der Waals surface area contributed by atoms with Gasteiger partial charge in [0.15, 0.2) is 22.5 Å². The zero-order chi connectivity index (χ0) is 24.5. The van der Waals surface area contributed by atoms with Crippen LogP contribution in [-0.4, -0.2) is 26.5 Å². The number of hydrogen-bond donors (Lipinski definition) is 0. The van der Waals surface area contributed by atoms with E-state index in [-0.39, 0.29) is 6.79 Å². The minimum Gasteiger partial charge on any atom is -0.454 e. The lowest BCUT2D eigenvalue weighted by molar-refractivity contribution is 0.174. The average Bonchev–Trinajstić information content (AvgIpc) is 3.70. The van der Waals surface area contributed by atoms with Gasteiger partial charge in [0.25, 0.3) is 0 Å². The normalized spacial score (nSPS) is 12.2. The molecule has 0 unspecified atom stereocenters. The first kappa shape index (κ1) is 23.0. The van der Waals surface area contributed by atoms with E-state index in [2.05, 4.69) is 63.3 Å². The summed E-state index contributed by atoms with van der Waals surface area (Å²) in [4.78, 5) is 6.11. The lowest BCUT2D eigenvalue weighted by Gasteiger charge is -2.09. The zero-order valence-corrected chi connectivity index (χ0v) is 22.0. The number of aryl methyl sites for hydroxylation is 1. The number of thiophene rings is 1. The fourth-order valence-corrected chi connectivity index (χ4v) is 6.77. The van der Waals surface area contributed by atoms with E-state index in [4.69, 9.17) is 14.5 Å². The highest BCUT2D eigenvalue weighted by atomic mass is 32.2. The van der Waals surface area contributed by atoms with Crippen LogP contribution >= 0.6 is 34.4 Å². The molecule has 0 radical (unpaired) electrons. The Hall–Kier alpha value is -3.40. The van der Waals surface area contributed by atoms with Crippen LogP contribution in [-0.2, 0) is 12.3 Å². The molecular weight excluding hydrogens is 509 g/mol. The molecule has 9 heteroatoms. The molecule has 0 aliphatic carbocycles. The number of benzene rings is 2.